The number of benzene rings is 2. The number of likely N-dealkylation sites (N-methyl/N-ethyl adjacent to an activating group) is 1. The molecule has 2 aromatic carbocycles. The molecule has 0 bridgehead atoms. The standard InChI is InChI=1S/C31H30N10O7/c1-38-14-16-39(17-15-38)27(42)25-23(36-37-32)24(47-29(43)20-8-4-2-5-9-20)26(48-30(44)21-10-6-3-7-11-21)28(46-25)40-13-12-22(35-31(40)45)41-19-33-18-34-41/h2-13,18-19,23-26,28H,14-17H2,1H3. The molecule has 1 amide bonds. The van der Waals surface area contributed by atoms with Gasteiger partial charge in [0.1, 0.15) is 18.7 Å². The van der Waals surface area contributed by atoms with Crippen LogP contribution in [0, 0.1) is 0 Å². The van der Waals surface area contributed by atoms with Crippen molar-refractivity contribution in [2.75, 3.05) is 33.2 Å². The smallest absolute Gasteiger partial charge is 0.351 e. The lowest BCUT2D eigenvalue weighted by atomic mass is 9.93. The van der Waals surface area contributed by atoms with Crippen LogP contribution in [0.15, 0.2) is 95.5 Å². The average molecular weight is 655 g/mol. The van der Waals surface area contributed by atoms with Gasteiger partial charge in [0, 0.05) is 37.3 Å². The Morgan fingerprint density at radius 3 is 2.10 bits per heavy atom. The van der Waals surface area contributed by atoms with Crippen molar-refractivity contribution in [1.82, 2.24) is 34.1 Å². The van der Waals surface area contributed by atoms with Crippen molar-refractivity contribution in [2.24, 2.45) is 5.11 Å². The Labute approximate surface area is 272 Å². The number of amides is 1. The number of carbonyl (C=O) groups is 3. The largest absolute Gasteiger partial charge is 0.454 e. The fourth-order valence-electron chi connectivity index (χ4n) is 5.50. The topological polar surface area (TPSA) is 200 Å². The van der Waals surface area contributed by atoms with Crippen molar-refractivity contribution in [3.05, 3.63) is 118 Å². The van der Waals surface area contributed by atoms with Crippen molar-refractivity contribution in [3.63, 3.8) is 0 Å². The Bertz CT molecular complexity index is 1860. The number of carbonyl (C=O) groups excluding carboxylic acids is 3. The molecule has 0 N–H and O–H groups in total. The van der Waals surface area contributed by atoms with E-state index in [4.69, 9.17) is 14.2 Å². The van der Waals surface area contributed by atoms with Crippen LogP contribution in [0.25, 0.3) is 16.3 Å². The molecule has 5 unspecified atom stereocenters. The molecular weight excluding hydrogens is 624 g/mol. The van der Waals surface area contributed by atoms with Crippen molar-refractivity contribution in [1.29, 1.82) is 0 Å². The monoisotopic (exact) mass is 654 g/mol. The van der Waals surface area contributed by atoms with Crippen LogP contribution in [-0.4, -0.2) is 110 Å². The molecule has 0 spiro atoms. The number of piperazine rings is 1. The van der Waals surface area contributed by atoms with Gasteiger partial charge in [-0.15, -0.1) is 0 Å². The summed E-state index contributed by atoms with van der Waals surface area (Å²) in [6.45, 7) is 1.84. The molecule has 48 heavy (non-hydrogen) atoms. The molecule has 4 heterocycles. The van der Waals surface area contributed by atoms with Gasteiger partial charge in [0.05, 0.1) is 11.1 Å². The van der Waals surface area contributed by atoms with Crippen LogP contribution in [-0.2, 0) is 19.0 Å². The summed E-state index contributed by atoms with van der Waals surface area (Å²) < 4.78 is 20.5. The minimum absolute atomic E-state index is 0.131. The molecule has 2 aromatic heterocycles. The van der Waals surface area contributed by atoms with E-state index < -0.39 is 54.1 Å². The van der Waals surface area contributed by atoms with Gasteiger partial charge in [-0.25, -0.2) is 24.0 Å². The quantitative estimate of drug-likeness (QED) is 0.116. The van der Waals surface area contributed by atoms with E-state index >= 15 is 0 Å². The van der Waals surface area contributed by atoms with E-state index in [0.717, 1.165) is 4.57 Å². The van der Waals surface area contributed by atoms with Gasteiger partial charge in [0.15, 0.2) is 30.4 Å². The number of hydrogen-bond acceptors (Lipinski definition) is 12. The third-order valence-electron chi connectivity index (χ3n) is 8.03. The minimum atomic E-state index is -1.60. The minimum Gasteiger partial charge on any atom is -0.454 e. The molecule has 0 radical (unpaired) electrons. The first kappa shape index (κ1) is 32.1. The number of azide groups is 1. The summed E-state index contributed by atoms with van der Waals surface area (Å²) in [5.41, 5.74) is 9.10. The van der Waals surface area contributed by atoms with Crippen LogP contribution in [0.5, 0.6) is 0 Å². The molecule has 6 rings (SSSR count). The van der Waals surface area contributed by atoms with Gasteiger partial charge in [0.2, 0.25) is 0 Å². The van der Waals surface area contributed by atoms with Crippen LogP contribution >= 0.6 is 0 Å². The van der Waals surface area contributed by atoms with Gasteiger partial charge in [-0.2, -0.15) is 10.1 Å². The molecule has 2 saturated heterocycles. The van der Waals surface area contributed by atoms with Gasteiger partial charge in [-0.1, -0.05) is 41.5 Å². The Morgan fingerprint density at radius 1 is 0.917 bits per heavy atom. The molecule has 4 aromatic rings. The third-order valence-corrected chi connectivity index (χ3v) is 8.03. The molecule has 2 aliphatic rings. The zero-order valence-corrected chi connectivity index (χ0v) is 25.6. The van der Waals surface area contributed by atoms with E-state index in [2.05, 4.69) is 25.1 Å². The summed E-state index contributed by atoms with van der Waals surface area (Å²) in [6, 6.07) is 15.9. The lowest BCUT2D eigenvalue weighted by Crippen LogP contribution is -2.63. The second kappa shape index (κ2) is 14.3. The summed E-state index contributed by atoms with van der Waals surface area (Å²) >= 11 is 0. The van der Waals surface area contributed by atoms with Gasteiger partial charge in [-0.3, -0.25) is 9.36 Å². The van der Waals surface area contributed by atoms with Gasteiger partial charge in [0.25, 0.3) is 5.91 Å². The van der Waals surface area contributed by atoms with E-state index in [1.54, 1.807) is 41.3 Å². The van der Waals surface area contributed by atoms with Crippen LogP contribution in [0.4, 0.5) is 0 Å². The Hall–Kier alpha value is -5.90. The van der Waals surface area contributed by atoms with Crippen molar-refractivity contribution >= 4 is 17.8 Å². The number of aromatic nitrogens is 5. The summed E-state index contributed by atoms with van der Waals surface area (Å²) in [6.07, 6.45) is -2.37. The van der Waals surface area contributed by atoms with E-state index in [1.807, 2.05) is 11.9 Å². The zero-order valence-electron chi connectivity index (χ0n) is 25.6. The number of ether oxygens (including phenoxy) is 3. The highest BCUT2D eigenvalue weighted by molar-refractivity contribution is 5.90. The maximum Gasteiger partial charge on any atom is 0.351 e. The third kappa shape index (κ3) is 6.78. The highest BCUT2D eigenvalue weighted by Crippen LogP contribution is 2.35. The Balaban J connectivity index is 1.46. The second-order valence-electron chi connectivity index (χ2n) is 11.1. The normalized spacial score (nSPS) is 22.7. The maximum absolute atomic E-state index is 14.1. The molecule has 5 atom stereocenters. The van der Waals surface area contributed by atoms with Crippen LogP contribution in [0.1, 0.15) is 26.9 Å². The van der Waals surface area contributed by atoms with Crippen molar-refractivity contribution in [2.45, 2.75) is 30.6 Å². The number of nitrogens with zero attached hydrogens (tertiary/aromatic N) is 10. The van der Waals surface area contributed by atoms with Gasteiger partial charge in [-0.05, 0) is 42.9 Å². The number of hydrogen-bond donors (Lipinski definition) is 0. The zero-order chi connectivity index (χ0) is 33.6. The molecule has 0 saturated carbocycles. The predicted molar refractivity (Wildman–Crippen MR) is 166 cm³/mol. The molecule has 246 valence electrons. The number of rotatable bonds is 8. The van der Waals surface area contributed by atoms with E-state index in [9.17, 15) is 24.7 Å². The fraction of sp³-hybridized carbons (Fsp3) is 0.323. The maximum atomic E-state index is 14.1. The van der Waals surface area contributed by atoms with Crippen LogP contribution in [0.2, 0.25) is 0 Å². The molecule has 2 aliphatic heterocycles. The van der Waals surface area contributed by atoms with Gasteiger partial charge >= 0.3 is 17.6 Å². The first-order chi connectivity index (χ1) is 23.3. The lowest BCUT2D eigenvalue weighted by Gasteiger charge is -2.45. The summed E-state index contributed by atoms with van der Waals surface area (Å²) in [5, 5.41) is 7.85. The van der Waals surface area contributed by atoms with Crippen molar-refractivity contribution < 1.29 is 28.6 Å². The first-order valence-electron chi connectivity index (χ1n) is 15.0. The summed E-state index contributed by atoms with van der Waals surface area (Å²) in [7, 11) is 1.92. The fourth-order valence-corrected chi connectivity index (χ4v) is 5.50. The highest BCUT2D eigenvalue weighted by atomic mass is 16.6. The van der Waals surface area contributed by atoms with Crippen LogP contribution in [0.3, 0.4) is 0 Å². The lowest BCUT2D eigenvalue weighted by molar-refractivity contribution is -0.214. The first-order valence-corrected chi connectivity index (χ1v) is 15.0. The molecule has 17 nitrogen and oxygen atoms in total. The van der Waals surface area contributed by atoms with E-state index in [1.165, 1.54) is 53.9 Å². The molecule has 17 heteroatoms. The molecule has 2 fully saturated rings. The summed E-state index contributed by atoms with van der Waals surface area (Å²) in [5.74, 6) is -2.12. The number of esters is 2. The van der Waals surface area contributed by atoms with Gasteiger partial charge < -0.3 is 24.0 Å². The van der Waals surface area contributed by atoms with Crippen LogP contribution < -0.4 is 5.69 Å². The average Bonchev–Trinajstić information content (AvgIpc) is 3.66. The van der Waals surface area contributed by atoms with Crippen molar-refractivity contribution in [3.8, 4) is 5.82 Å². The SMILES string of the molecule is CN1CCN(C(=O)C2OC(n3ccc(-n4cncn4)nc3=O)C(OC(=O)c3ccccc3)C(OC(=O)c3ccccc3)C2N=[N+]=[N-])CC1. The summed E-state index contributed by atoms with van der Waals surface area (Å²) in [4.78, 5) is 69.2. The second-order valence-corrected chi connectivity index (χ2v) is 11.1. The molecule has 0 aliphatic carbocycles. The Kier molecular flexibility index (Phi) is 9.52. The van der Waals surface area contributed by atoms with E-state index in [0.29, 0.717) is 26.2 Å². The molecular formula is C31H30N10O7. The van der Waals surface area contributed by atoms with E-state index in [-0.39, 0.29) is 16.9 Å². The highest BCUT2D eigenvalue weighted by Gasteiger charge is 2.54. The predicted octanol–water partition coefficient (Wildman–Crippen LogP) is 1.63. The Morgan fingerprint density at radius 2 is 1.54 bits per heavy atom.